The van der Waals surface area contributed by atoms with Crippen molar-refractivity contribution < 1.29 is 14.3 Å². The van der Waals surface area contributed by atoms with Crippen molar-refractivity contribution in [3.8, 4) is 0 Å². The summed E-state index contributed by atoms with van der Waals surface area (Å²) in [4.78, 5) is 25.4. The monoisotopic (exact) mass is 275 g/mol. The number of carbonyl (C=O) groups excluding carboxylic acids is 2. The van der Waals surface area contributed by atoms with Gasteiger partial charge < -0.3 is 9.64 Å². The first-order valence-electron chi connectivity index (χ1n) is 7.08. The molecule has 1 aromatic rings. The van der Waals surface area contributed by atoms with Crippen LogP contribution < -0.4 is 0 Å². The first-order valence-corrected chi connectivity index (χ1v) is 7.08. The molecular formula is C16H21NO3. The van der Waals surface area contributed by atoms with Crippen molar-refractivity contribution in [1.29, 1.82) is 0 Å². The zero-order valence-corrected chi connectivity index (χ0v) is 12.0. The standard InChI is InChI=1S/C16H21NO3/c1-3-17-14(9-10-16(19)20-2)13(11-15(17)18)12-7-5-4-6-8-12/h4-8,13-14H,3,9-11H2,1-2H3. The van der Waals surface area contributed by atoms with E-state index in [4.69, 9.17) is 4.74 Å². The Hall–Kier alpha value is -1.84. The molecule has 1 aliphatic rings. The highest BCUT2D eigenvalue weighted by Crippen LogP contribution is 2.36. The number of hydrogen-bond donors (Lipinski definition) is 0. The van der Waals surface area contributed by atoms with Crippen molar-refractivity contribution in [2.24, 2.45) is 0 Å². The van der Waals surface area contributed by atoms with Gasteiger partial charge in [-0.1, -0.05) is 30.3 Å². The van der Waals surface area contributed by atoms with E-state index in [0.29, 0.717) is 25.8 Å². The number of likely N-dealkylation sites (tertiary alicyclic amines) is 1. The predicted molar refractivity (Wildman–Crippen MR) is 76.2 cm³/mol. The number of rotatable bonds is 5. The first-order chi connectivity index (χ1) is 9.67. The van der Waals surface area contributed by atoms with Crippen LogP contribution in [0.15, 0.2) is 30.3 Å². The van der Waals surface area contributed by atoms with Gasteiger partial charge in [0.2, 0.25) is 5.91 Å². The Morgan fingerprint density at radius 1 is 1.35 bits per heavy atom. The van der Waals surface area contributed by atoms with Crippen LogP contribution in [0.5, 0.6) is 0 Å². The molecular weight excluding hydrogens is 254 g/mol. The van der Waals surface area contributed by atoms with Crippen LogP contribution in [0.2, 0.25) is 0 Å². The molecule has 1 amide bonds. The summed E-state index contributed by atoms with van der Waals surface area (Å²) in [6.07, 6.45) is 1.55. The summed E-state index contributed by atoms with van der Waals surface area (Å²) in [5, 5.41) is 0. The normalized spacial score (nSPS) is 22.1. The molecule has 1 heterocycles. The fourth-order valence-corrected chi connectivity index (χ4v) is 3.02. The van der Waals surface area contributed by atoms with E-state index in [0.717, 1.165) is 0 Å². The van der Waals surface area contributed by atoms with E-state index in [-0.39, 0.29) is 23.8 Å². The minimum atomic E-state index is -0.216. The third-order valence-corrected chi connectivity index (χ3v) is 4.02. The summed E-state index contributed by atoms with van der Waals surface area (Å²) in [5.74, 6) is 0.136. The fraction of sp³-hybridized carbons (Fsp3) is 0.500. The molecule has 2 unspecified atom stereocenters. The number of amides is 1. The lowest BCUT2D eigenvalue weighted by molar-refractivity contribution is -0.141. The predicted octanol–water partition coefficient (Wildman–Crippen LogP) is 2.34. The quantitative estimate of drug-likeness (QED) is 0.775. The number of ether oxygens (including phenoxy) is 1. The van der Waals surface area contributed by atoms with Crippen LogP contribution in [-0.2, 0) is 14.3 Å². The molecule has 0 aliphatic carbocycles. The summed E-state index contributed by atoms with van der Waals surface area (Å²) in [6, 6.07) is 10.2. The summed E-state index contributed by atoms with van der Waals surface area (Å²) in [5.41, 5.74) is 1.17. The Kier molecular flexibility index (Phi) is 4.77. The minimum Gasteiger partial charge on any atom is -0.469 e. The average molecular weight is 275 g/mol. The third kappa shape index (κ3) is 3.00. The first kappa shape index (κ1) is 14.6. The van der Waals surface area contributed by atoms with Gasteiger partial charge >= 0.3 is 5.97 Å². The number of carbonyl (C=O) groups is 2. The smallest absolute Gasteiger partial charge is 0.305 e. The van der Waals surface area contributed by atoms with E-state index in [1.165, 1.54) is 12.7 Å². The van der Waals surface area contributed by atoms with Crippen molar-refractivity contribution in [3.05, 3.63) is 35.9 Å². The van der Waals surface area contributed by atoms with Crippen molar-refractivity contribution in [3.63, 3.8) is 0 Å². The maximum Gasteiger partial charge on any atom is 0.305 e. The largest absolute Gasteiger partial charge is 0.469 e. The summed E-state index contributed by atoms with van der Waals surface area (Å²) >= 11 is 0. The molecule has 0 bridgehead atoms. The van der Waals surface area contributed by atoms with Gasteiger partial charge in [-0.15, -0.1) is 0 Å². The maximum absolute atomic E-state index is 12.1. The van der Waals surface area contributed by atoms with Gasteiger partial charge in [-0.3, -0.25) is 9.59 Å². The Morgan fingerprint density at radius 3 is 2.65 bits per heavy atom. The van der Waals surface area contributed by atoms with Crippen LogP contribution in [0, 0.1) is 0 Å². The van der Waals surface area contributed by atoms with Gasteiger partial charge in [-0.2, -0.15) is 0 Å². The third-order valence-electron chi connectivity index (χ3n) is 4.02. The molecule has 1 aromatic carbocycles. The Morgan fingerprint density at radius 2 is 2.05 bits per heavy atom. The van der Waals surface area contributed by atoms with Crippen LogP contribution in [0.25, 0.3) is 0 Å². The van der Waals surface area contributed by atoms with Crippen LogP contribution in [0.1, 0.15) is 37.7 Å². The van der Waals surface area contributed by atoms with Crippen molar-refractivity contribution in [2.75, 3.05) is 13.7 Å². The average Bonchev–Trinajstić information content (AvgIpc) is 2.81. The molecule has 1 saturated heterocycles. The van der Waals surface area contributed by atoms with Crippen LogP contribution in [-0.4, -0.2) is 36.5 Å². The zero-order valence-electron chi connectivity index (χ0n) is 12.0. The lowest BCUT2D eigenvalue weighted by atomic mass is 9.89. The highest BCUT2D eigenvalue weighted by molar-refractivity contribution is 5.80. The maximum atomic E-state index is 12.1. The SMILES string of the molecule is CCN1C(=O)CC(c2ccccc2)C1CCC(=O)OC. The molecule has 20 heavy (non-hydrogen) atoms. The van der Waals surface area contributed by atoms with Crippen LogP contribution >= 0.6 is 0 Å². The molecule has 4 heteroatoms. The second-order valence-electron chi connectivity index (χ2n) is 5.08. The van der Waals surface area contributed by atoms with Gasteiger partial charge in [0.05, 0.1) is 7.11 Å². The second-order valence-corrected chi connectivity index (χ2v) is 5.08. The van der Waals surface area contributed by atoms with Gasteiger partial charge in [-0.05, 0) is 18.9 Å². The van der Waals surface area contributed by atoms with E-state index in [9.17, 15) is 9.59 Å². The van der Waals surface area contributed by atoms with E-state index in [1.807, 2.05) is 30.0 Å². The molecule has 0 radical (unpaired) electrons. The minimum absolute atomic E-state index is 0.0917. The van der Waals surface area contributed by atoms with Crippen molar-refractivity contribution in [2.45, 2.75) is 38.1 Å². The number of benzene rings is 1. The molecule has 0 saturated carbocycles. The molecule has 2 rings (SSSR count). The molecule has 2 atom stereocenters. The van der Waals surface area contributed by atoms with E-state index in [1.54, 1.807) is 0 Å². The van der Waals surface area contributed by atoms with Gasteiger partial charge in [0.25, 0.3) is 0 Å². The zero-order chi connectivity index (χ0) is 14.5. The van der Waals surface area contributed by atoms with E-state index < -0.39 is 0 Å². The number of esters is 1. The van der Waals surface area contributed by atoms with E-state index >= 15 is 0 Å². The molecule has 1 aliphatic heterocycles. The Balaban J connectivity index is 2.16. The Bertz CT molecular complexity index is 472. The van der Waals surface area contributed by atoms with Crippen molar-refractivity contribution >= 4 is 11.9 Å². The number of nitrogens with zero attached hydrogens (tertiary/aromatic N) is 1. The van der Waals surface area contributed by atoms with Gasteiger partial charge in [0, 0.05) is 31.3 Å². The van der Waals surface area contributed by atoms with Crippen molar-refractivity contribution in [1.82, 2.24) is 4.90 Å². The second kappa shape index (κ2) is 6.55. The number of methoxy groups -OCH3 is 1. The highest BCUT2D eigenvalue weighted by Gasteiger charge is 2.39. The number of likely N-dealkylation sites (N-methyl/N-ethyl adjacent to an activating group) is 1. The number of hydrogen-bond acceptors (Lipinski definition) is 3. The summed E-state index contributed by atoms with van der Waals surface area (Å²) in [7, 11) is 1.40. The van der Waals surface area contributed by atoms with Gasteiger partial charge in [0.15, 0.2) is 0 Å². The molecule has 108 valence electrons. The van der Waals surface area contributed by atoms with Gasteiger partial charge in [-0.25, -0.2) is 0 Å². The lowest BCUT2D eigenvalue weighted by Gasteiger charge is -2.27. The van der Waals surface area contributed by atoms with Gasteiger partial charge in [0.1, 0.15) is 0 Å². The lowest BCUT2D eigenvalue weighted by Crippen LogP contribution is -2.35. The molecule has 0 aromatic heterocycles. The topological polar surface area (TPSA) is 46.6 Å². The molecule has 4 nitrogen and oxygen atoms in total. The Labute approximate surface area is 119 Å². The molecule has 0 spiro atoms. The molecule has 1 fully saturated rings. The van der Waals surface area contributed by atoms with E-state index in [2.05, 4.69) is 12.1 Å². The fourth-order valence-electron chi connectivity index (χ4n) is 3.02. The molecule has 0 N–H and O–H groups in total. The van der Waals surface area contributed by atoms with Crippen LogP contribution in [0.4, 0.5) is 0 Å². The van der Waals surface area contributed by atoms with Crippen LogP contribution in [0.3, 0.4) is 0 Å². The summed E-state index contributed by atoms with van der Waals surface area (Å²) < 4.78 is 4.70. The summed E-state index contributed by atoms with van der Waals surface area (Å²) in [6.45, 7) is 2.67. The highest BCUT2D eigenvalue weighted by atomic mass is 16.5.